The van der Waals surface area contributed by atoms with E-state index in [-0.39, 0.29) is 16.6 Å². The van der Waals surface area contributed by atoms with E-state index in [9.17, 15) is 22.8 Å². The van der Waals surface area contributed by atoms with Gasteiger partial charge in [-0.15, -0.1) is 0 Å². The molecule has 0 aliphatic carbocycles. The zero-order valence-corrected chi connectivity index (χ0v) is 16.9. The maximum absolute atomic E-state index is 12.9. The molecule has 2 heterocycles. The van der Waals surface area contributed by atoms with Crippen molar-refractivity contribution in [3.63, 3.8) is 0 Å². The van der Waals surface area contributed by atoms with Gasteiger partial charge >= 0.3 is 12.2 Å². The molecule has 0 radical (unpaired) electrons. The molecule has 2 N–H and O–H groups in total. The van der Waals surface area contributed by atoms with Gasteiger partial charge in [-0.2, -0.15) is 13.2 Å². The smallest absolute Gasteiger partial charge is 0.308 e. The summed E-state index contributed by atoms with van der Waals surface area (Å²) in [7, 11) is 0. The number of nitrogens with zero attached hydrogens (tertiary/aromatic N) is 2. The number of carbonyl (C=O) groups is 2. The standard InChI is InChI=1S/C22H14ClF3N4O2/c23-17-12-15(22(24,25)26)6-7-18(17)29-21(32)28-16-5-1-3-14(11-16)20(31)30-10-8-13-4-2-9-27-19(13)30/h1-12H,(H2,28,29,32). The SMILES string of the molecule is O=C(Nc1cccc(C(=O)n2ccc3cccnc32)c1)Nc1ccc(C(F)(F)F)cc1Cl. The highest BCUT2D eigenvalue weighted by atomic mass is 35.5. The van der Waals surface area contributed by atoms with E-state index in [1.807, 2.05) is 6.07 Å². The van der Waals surface area contributed by atoms with Crippen molar-refractivity contribution in [3.8, 4) is 0 Å². The van der Waals surface area contributed by atoms with Crippen LogP contribution in [0, 0.1) is 0 Å². The highest BCUT2D eigenvalue weighted by Crippen LogP contribution is 2.33. The van der Waals surface area contributed by atoms with Gasteiger partial charge in [0.25, 0.3) is 5.91 Å². The number of aromatic nitrogens is 2. The third kappa shape index (κ3) is 4.42. The van der Waals surface area contributed by atoms with Gasteiger partial charge in [0.05, 0.1) is 16.3 Å². The van der Waals surface area contributed by atoms with Crippen LogP contribution in [0.15, 0.2) is 73.1 Å². The summed E-state index contributed by atoms with van der Waals surface area (Å²) in [5.41, 5.74) is 0.200. The molecule has 0 bridgehead atoms. The van der Waals surface area contributed by atoms with Crippen molar-refractivity contribution in [2.24, 2.45) is 0 Å². The Morgan fingerprint density at radius 1 is 0.969 bits per heavy atom. The van der Waals surface area contributed by atoms with Gasteiger partial charge in [-0.3, -0.25) is 9.36 Å². The number of halogens is 4. The van der Waals surface area contributed by atoms with Crippen LogP contribution < -0.4 is 10.6 Å². The van der Waals surface area contributed by atoms with Crippen LogP contribution in [0.4, 0.5) is 29.3 Å². The summed E-state index contributed by atoms with van der Waals surface area (Å²) in [6.07, 6.45) is -1.35. The van der Waals surface area contributed by atoms with Gasteiger partial charge in [-0.05, 0) is 54.6 Å². The summed E-state index contributed by atoms with van der Waals surface area (Å²) in [5, 5.41) is 5.47. The first-order valence-corrected chi connectivity index (χ1v) is 9.62. The number of amides is 2. The molecule has 0 fully saturated rings. The summed E-state index contributed by atoms with van der Waals surface area (Å²) in [4.78, 5) is 29.4. The lowest BCUT2D eigenvalue weighted by molar-refractivity contribution is -0.137. The van der Waals surface area contributed by atoms with E-state index in [4.69, 9.17) is 11.6 Å². The molecule has 0 aliphatic heterocycles. The number of hydrogen-bond acceptors (Lipinski definition) is 3. The number of urea groups is 1. The Morgan fingerprint density at radius 3 is 2.53 bits per heavy atom. The Kier molecular flexibility index (Phi) is 5.58. The first kappa shape index (κ1) is 21.4. The molecular formula is C22H14ClF3N4O2. The first-order chi connectivity index (χ1) is 15.2. The van der Waals surface area contributed by atoms with E-state index in [1.165, 1.54) is 10.6 Å². The lowest BCUT2D eigenvalue weighted by Gasteiger charge is -2.12. The normalized spacial score (nSPS) is 11.4. The number of pyridine rings is 1. The predicted molar refractivity (Wildman–Crippen MR) is 115 cm³/mol. The minimum atomic E-state index is -4.54. The number of alkyl halides is 3. The second kappa shape index (κ2) is 8.35. The van der Waals surface area contributed by atoms with E-state index in [2.05, 4.69) is 15.6 Å². The van der Waals surface area contributed by atoms with Crippen LogP contribution in [0.3, 0.4) is 0 Å². The Labute approximate surface area is 184 Å². The second-order valence-corrected chi connectivity index (χ2v) is 7.17. The molecule has 2 amide bonds. The van der Waals surface area contributed by atoms with Crippen molar-refractivity contribution in [2.75, 3.05) is 10.6 Å². The van der Waals surface area contributed by atoms with E-state index >= 15 is 0 Å². The number of carbonyl (C=O) groups excluding carboxylic acids is 2. The number of fused-ring (bicyclic) bond motifs is 1. The fourth-order valence-corrected chi connectivity index (χ4v) is 3.30. The second-order valence-electron chi connectivity index (χ2n) is 6.76. The monoisotopic (exact) mass is 458 g/mol. The van der Waals surface area contributed by atoms with Crippen LogP contribution in [-0.2, 0) is 6.18 Å². The van der Waals surface area contributed by atoms with Crippen LogP contribution in [0.25, 0.3) is 11.0 Å². The van der Waals surface area contributed by atoms with E-state index in [0.717, 1.165) is 23.6 Å². The van der Waals surface area contributed by atoms with Gasteiger partial charge in [0.2, 0.25) is 0 Å². The average Bonchev–Trinajstić information content (AvgIpc) is 3.18. The van der Waals surface area contributed by atoms with Crippen LogP contribution in [0.2, 0.25) is 5.02 Å². The minimum absolute atomic E-state index is 0.00860. The highest BCUT2D eigenvalue weighted by Gasteiger charge is 2.31. The van der Waals surface area contributed by atoms with Crippen LogP contribution in [-0.4, -0.2) is 21.5 Å². The molecule has 0 aliphatic rings. The molecule has 0 atom stereocenters. The topological polar surface area (TPSA) is 76.0 Å². The Bertz CT molecular complexity index is 1330. The summed E-state index contributed by atoms with van der Waals surface area (Å²) in [5.74, 6) is -0.339. The van der Waals surface area contributed by atoms with Gasteiger partial charge < -0.3 is 10.6 Å². The molecule has 4 rings (SSSR count). The molecule has 6 nitrogen and oxygen atoms in total. The van der Waals surface area contributed by atoms with E-state index in [0.29, 0.717) is 16.9 Å². The fraction of sp³-hybridized carbons (Fsp3) is 0.0455. The summed E-state index contributed by atoms with van der Waals surface area (Å²) < 4.78 is 39.6. The molecule has 4 aromatic rings. The Morgan fingerprint density at radius 2 is 1.78 bits per heavy atom. The molecule has 0 unspecified atom stereocenters. The summed E-state index contributed by atoms with van der Waals surface area (Å²) in [6, 6.07) is 13.5. The fourth-order valence-electron chi connectivity index (χ4n) is 3.08. The van der Waals surface area contributed by atoms with Crippen molar-refractivity contribution in [3.05, 3.63) is 89.2 Å². The molecular weight excluding hydrogens is 445 g/mol. The first-order valence-electron chi connectivity index (χ1n) is 9.24. The number of anilines is 2. The third-order valence-electron chi connectivity index (χ3n) is 4.58. The van der Waals surface area contributed by atoms with Crippen molar-refractivity contribution in [2.45, 2.75) is 6.18 Å². The Balaban J connectivity index is 1.49. The lowest BCUT2D eigenvalue weighted by atomic mass is 10.2. The molecule has 162 valence electrons. The van der Waals surface area contributed by atoms with Crippen LogP contribution in [0.1, 0.15) is 15.9 Å². The maximum Gasteiger partial charge on any atom is 0.416 e. The van der Waals surface area contributed by atoms with E-state index in [1.54, 1.807) is 42.7 Å². The van der Waals surface area contributed by atoms with Gasteiger partial charge in [-0.1, -0.05) is 17.7 Å². The zero-order valence-electron chi connectivity index (χ0n) is 16.2. The van der Waals surface area contributed by atoms with E-state index < -0.39 is 17.8 Å². The molecule has 2 aromatic carbocycles. The number of rotatable bonds is 3. The van der Waals surface area contributed by atoms with Crippen LogP contribution >= 0.6 is 11.6 Å². The molecule has 0 saturated carbocycles. The molecule has 0 spiro atoms. The molecule has 32 heavy (non-hydrogen) atoms. The molecule has 0 saturated heterocycles. The van der Waals surface area contributed by atoms with Gasteiger partial charge in [-0.25, -0.2) is 9.78 Å². The van der Waals surface area contributed by atoms with Crippen molar-refractivity contribution < 1.29 is 22.8 Å². The Hall–Kier alpha value is -3.85. The quantitative estimate of drug-likeness (QED) is 0.393. The number of benzene rings is 2. The third-order valence-corrected chi connectivity index (χ3v) is 4.89. The molecule has 10 heteroatoms. The predicted octanol–water partition coefficient (Wildman–Crippen LogP) is 6.04. The number of hydrogen-bond donors (Lipinski definition) is 2. The molecule has 2 aromatic heterocycles. The van der Waals surface area contributed by atoms with Crippen molar-refractivity contribution >= 4 is 45.9 Å². The number of nitrogens with one attached hydrogen (secondary N) is 2. The maximum atomic E-state index is 12.9. The van der Waals surface area contributed by atoms with Crippen molar-refractivity contribution in [1.82, 2.24) is 9.55 Å². The van der Waals surface area contributed by atoms with Crippen molar-refractivity contribution in [1.29, 1.82) is 0 Å². The largest absolute Gasteiger partial charge is 0.416 e. The highest BCUT2D eigenvalue weighted by molar-refractivity contribution is 6.33. The summed E-state index contributed by atoms with van der Waals surface area (Å²) >= 11 is 5.86. The minimum Gasteiger partial charge on any atom is -0.308 e. The van der Waals surface area contributed by atoms with Gasteiger partial charge in [0.15, 0.2) is 0 Å². The average molecular weight is 459 g/mol. The zero-order chi connectivity index (χ0) is 22.9. The summed E-state index contributed by atoms with van der Waals surface area (Å²) in [6.45, 7) is 0. The van der Waals surface area contributed by atoms with Gasteiger partial charge in [0.1, 0.15) is 5.65 Å². The lowest BCUT2D eigenvalue weighted by Crippen LogP contribution is -2.20. The van der Waals surface area contributed by atoms with Gasteiger partial charge in [0, 0.05) is 29.0 Å². The van der Waals surface area contributed by atoms with Crippen LogP contribution in [0.5, 0.6) is 0 Å².